The molecule has 2 aromatic rings. The van der Waals surface area contributed by atoms with Crippen LogP contribution in [0.2, 0.25) is 5.02 Å². The largest absolute Gasteiger partial charge is 0.296 e. The molecule has 1 atom stereocenters. The molecule has 3 nitrogen and oxygen atoms in total. The van der Waals surface area contributed by atoms with Crippen molar-refractivity contribution in [2.45, 2.75) is 31.4 Å². The van der Waals surface area contributed by atoms with Gasteiger partial charge in [-0.1, -0.05) is 23.7 Å². The Balaban J connectivity index is 1.82. The standard InChI is InChI=1S/C18H14ClF2NO2/c19-14-10-12(20)5-3-11(14)4-6-16(24)18(21)8-7-15(23)17-13(18)2-1-9-22-17/h1-3,5,9-10H,4,6-8H2/t18-/m0/s1. The zero-order valence-corrected chi connectivity index (χ0v) is 13.4. The maximum Gasteiger partial charge on any atom is 0.196 e. The van der Waals surface area contributed by atoms with Gasteiger partial charge in [0.15, 0.2) is 17.2 Å². The number of aromatic nitrogens is 1. The van der Waals surface area contributed by atoms with E-state index in [4.69, 9.17) is 11.6 Å². The second-order valence-electron chi connectivity index (χ2n) is 5.78. The number of aryl methyl sites for hydroxylation is 1. The lowest BCUT2D eigenvalue weighted by atomic mass is 9.78. The van der Waals surface area contributed by atoms with Gasteiger partial charge < -0.3 is 0 Å². The van der Waals surface area contributed by atoms with Gasteiger partial charge in [0.25, 0.3) is 0 Å². The zero-order valence-electron chi connectivity index (χ0n) is 12.7. The Labute approximate surface area is 142 Å². The number of carbonyl (C=O) groups is 2. The number of hydrogen-bond acceptors (Lipinski definition) is 3. The predicted molar refractivity (Wildman–Crippen MR) is 85.3 cm³/mol. The monoisotopic (exact) mass is 349 g/mol. The normalized spacial score (nSPS) is 19.9. The van der Waals surface area contributed by atoms with E-state index < -0.39 is 17.3 Å². The summed E-state index contributed by atoms with van der Waals surface area (Å²) in [5.74, 6) is -1.35. The number of carbonyl (C=O) groups excluding carboxylic acids is 2. The average molecular weight is 350 g/mol. The van der Waals surface area contributed by atoms with Gasteiger partial charge in [0, 0.05) is 36.0 Å². The van der Waals surface area contributed by atoms with E-state index in [1.165, 1.54) is 30.5 Å². The van der Waals surface area contributed by atoms with Crippen molar-refractivity contribution in [3.05, 3.63) is 64.2 Å². The molecule has 0 amide bonds. The minimum Gasteiger partial charge on any atom is -0.296 e. The number of alkyl halides is 1. The van der Waals surface area contributed by atoms with Crippen molar-refractivity contribution >= 4 is 23.2 Å². The van der Waals surface area contributed by atoms with E-state index >= 15 is 4.39 Å². The molecule has 1 heterocycles. The Hall–Kier alpha value is -2.14. The number of benzene rings is 1. The van der Waals surface area contributed by atoms with E-state index in [-0.39, 0.29) is 47.7 Å². The van der Waals surface area contributed by atoms with Gasteiger partial charge in [-0.05, 0) is 30.2 Å². The molecule has 0 aliphatic heterocycles. The van der Waals surface area contributed by atoms with Gasteiger partial charge in [-0.15, -0.1) is 0 Å². The summed E-state index contributed by atoms with van der Waals surface area (Å²) in [7, 11) is 0. The van der Waals surface area contributed by atoms with E-state index in [1.807, 2.05) is 0 Å². The van der Waals surface area contributed by atoms with Crippen molar-refractivity contribution in [3.8, 4) is 0 Å². The quantitative estimate of drug-likeness (QED) is 0.830. The molecule has 6 heteroatoms. The third-order valence-corrected chi connectivity index (χ3v) is 4.63. The van der Waals surface area contributed by atoms with Crippen molar-refractivity contribution in [3.63, 3.8) is 0 Å². The second-order valence-corrected chi connectivity index (χ2v) is 6.19. The van der Waals surface area contributed by atoms with Crippen LogP contribution in [0, 0.1) is 5.82 Å². The molecule has 0 bridgehead atoms. The number of nitrogens with zero attached hydrogens (tertiary/aromatic N) is 1. The lowest BCUT2D eigenvalue weighted by molar-refractivity contribution is -0.131. The smallest absolute Gasteiger partial charge is 0.196 e. The van der Waals surface area contributed by atoms with Crippen LogP contribution in [0.3, 0.4) is 0 Å². The summed E-state index contributed by atoms with van der Waals surface area (Å²) in [4.78, 5) is 28.3. The van der Waals surface area contributed by atoms with Gasteiger partial charge in [-0.3, -0.25) is 14.6 Å². The van der Waals surface area contributed by atoms with E-state index in [2.05, 4.69) is 4.98 Å². The van der Waals surface area contributed by atoms with E-state index in [0.717, 1.165) is 6.07 Å². The van der Waals surface area contributed by atoms with E-state index in [1.54, 1.807) is 0 Å². The molecule has 1 aliphatic carbocycles. The Morgan fingerprint density at radius 1 is 1.33 bits per heavy atom. The topological polar surface area (TPSA) is 47.0 Å². The maximum absolute atomic E-state index is 15.4. The van der Waals surface area contributed by atoms with Gasteiger partial charge in [0.05, 0.1) is 0 Å². The molecule has 0 saturated heterocycles. The van der Waals surface area contributed by atoms with Crippen molar-refractivity contribution in [1.82, 2.24) is 4.98 Å². The second kappa shape index (κ2) is 6.40. The molecule has 0 spiro atoms. The van der Waals surface area contributed by atoms with Gasteiger partial charge in [-0.25, -0.2) is 8.78 Å². The maximum atomic E-state index is 15.4. The number of hydrogen-bond donors (Lipinski definition) is 0. The fourth-order valence-electron chi connectivity index (χ4n) is 2.95. The molecule has 24 heavy (non-hydrogen) atoms. The highest BCUT2D eigenvalue weighted by Gasteiger charge is 2.45. The molecule has 1 aromatic carbocycles. The van der Waals surface area contributed by atoms with E-state index in [0.29, 0.717) is 5.56 Å². The van der Waals surface area contributed by atoms with Crippen LogP contribution in [-0.2, 0) is 16.9 Å². The number of fused-ring (bicyclic) bond motifs is 1. The minimum absolute atomic E-state index is 0.0272. The molecule has 0 fully saturated rings. The van der Waals surface area contributed by atoms with Crippen LogP contribution in [0.25, 0.3) is 0 Å². The summed E-state index contributed by atoms with van der Waals surface area (Å²) in [6.07, 6.45) is 1.28. The van der Waals surface area contributed by atoms with Gasteiger partial charge in [0.1, 0.15) is 11.5 Å². The number of ketones is 2. The Bertz CT molecular complexity index is 824. The van der Waals surface area contributed by atoms with Crippen LogP contribution in [0.4, 0.5) is 8.78 Å². The highest BCUT2D eigenvalue weighted by atomic mass is 35.5. The Morgan fingerprint density at radius 3 is 2.88 bits per heavy atom. The molecule has 1 aromatic heterocycles. The van der Waals surface area contributed by atoms with Crippen molar-refractivity contribution in [2.75, 3.05) is 0 Å². The van der Waals surface area contributed by atoms with Crippen LogP contribution in [-0.4, -0.2) is 16.6 Å². The first-order valence-corrected chi connectivity index (χ1v) is 7.94. The summed E-state index contributed by atoms with van der Waals surface area (Å²) < 4.78 is 28.4. The molecule has 3 rings (SSSR count). The third kappa shape index (κ3) is 2.96. The van der Waals surface area contributed by atoms with Gasteiger partial charge >= 0.3 is 0 Å². The summed E-state index contributed by atoms with van der Waals surface area (Å²) >= 11 is 5.93. The summed E-state index contributed by atoms with van der Waals surface area (Å²) in [6, 6.07) is 6.83. The molecular formula is C18H14ClF2NO2. The van der Waals surface area contributed by atoms with Crippen molar-refractivity contribution in [1.29, 1.82) is 0 Å². The van der Waals surface area contributed by atoms with Crippen LogP contribution < -0.4 is 0 Å². The third-order valence-electron chi connectivity index (χ3n) is 4.27. The minimum atomic E-state index is -2.22. The predicted octanol–water partition coefficient (Wildman–Crippen LogP) is 4.22. The summed E-state index contributed by atoms with van der Waals surface area (Å²) in [5, 5.41) is 0.205. The van der Waals surface area contributed by atoms with Gasteiger partial charge in [0.2, 0.25) is 0 Å². The highest BCUT2D eigenvalue weighted by Crippen LogP contribution is 2.39. The van der Waals surface area contributed by atoms with Crippen LogP contribution in [0.1, 0.15) is 40.9 Å². The average Bonchev–Trinajstić information content (AvgIpc) is 2.57. The molecular weight excluding hydrogens is 336 g/mol. The molecule has 0 radical (unpaired) electrons. The first-order chi connectivity index (χ1) is 11.4. The molecule has 0 N–H and O–H groups in total. The zero-order chi connectivity index (χ0) is 17.3. The SMILES string of the molecule is O=C1CC[C@@](F)(C(=O)CCc2ccc(F)cc2Cl)c2cccnc21. The van der Waals surface area contributed by atoms with Crippen molar-refractivity contribution in [2.24, 2.45) is 0 Å². The number of pyridine rings is 1. The Morgan fingerprint density at radius 2 is 2.12 bits per heavy atom. The van der Waals surface area contributed by atoms with Gasteiger partial charge in [-0.2, -0.15) is 0 Å². The molecule has 1 aliphatic rings. The van der Waals surface area contributed by atoms with Crippen LogP contribution in [0.15, 0.2) is 36.5 Å². The van der Waals surface area contributed by atoms with Crippen LogP contribution in [0.5, 0.6) is 0 Å². The molecule has 0 saturated carbocycles. The summed E-state index contributed by atoms with van der Waals surface area (Å²) in [5.41, 5.74) is -1.58. The number of rotatable bonds is 4. The summed E-state index contributed by atoms with van der Waals surface area (Å²) in [6.45, 7) is 0. The van der Waals surface area contributed by atoms with E-state index in [9.17, 15) is 14.0 Å². The lowest BCUT2D eigenvalue weighted by Crippen LogP contribution is -2.37. The Kier molecular flexibility index (Phi) is 4.45. The first kappa shape index (κ1) is 16.7. The van der Waals surface area contributed by atoms with Crippen LogP contribution >= 0.6 is 11.6 Å². The molecule has 0 unspecified atom stereocenters. The fourth-order valence-corrected chi connectivity index (χ4v) is 3.21. The number of Topliss-reactive ketones (excluding diaryl/α,β-unsaturated/α-hetero) is 2. The number of halogens is 3. The first-order valence-electron chi connectivity index (χ1n) is 7.56. The highest BCUT2D eigenvalue weighted by molar-refractivity contribution is 6.31. The fraction of sp³-hybridized carbons (Fsp3) is 0.278. The van der Waals surface area contributed by atoms with Crippen molar-refractivity contribution < 1.29 is 18.4 Å². The molecule has 124 valence electrons. The lowest BCUT2D eigenvalue weighted by Gasteiger charge is -2.29.